The van der Waals surface area contributed by atoms with Crippen LogP contribution in [0.15, 0.2) is 42.6 Å². The van der Waals surface area contributed by atoms with Crippen molar-refractivity contribution in [3.8, 4) is 28.1 Å². The molecule has 3 fully saturated rings. The van der Waals surface area contributed by atoms with Crippen LogP contribution in [-0.4, -0.2) is 46.5 Å². The zero-order chi connectivity index (χ0) is 30.5. The normalized spacial score (nSPS) is 25.9. The standard InChI is InChI=1S/C31H32F3N3O5S/c1-30(2,3)41-29(38)37-24-13-19(24)14-25(37)28-35-15-23(36-28)17-6-4-16(5-7-17)20-10-11-26(42-43(39,40)31(32,33)34)22-12-18-8-9-21(18)27(20)22/h4-7,10-11,15,18-19,21,24-25H,8-9,12-14H2,1-3H3,(H,35,36). The van der Waals surface area contributed by atoms with Gasteiger partial charge in [-0.15, -0.1) is 0 Å². The number of ether oxygens (including phenoxy) is 1. The third kappa shape index (κ3) is 4.87. The average Bonchev–Trinajstić information content (AvgIpc) is 3.21. The Morgan fingerprint density at radius 3 is 2.37 bits per heavy atom. The fraction of sp³-hybridized carbons (Fsp3) is 0.484. The van der Waals surface area contributed by atoms with Crippen LogP contribution in [0, 0.1) is 11.8 Å². The summed E-state index contributed by atoms with van der Waals surface area (Å²) in [5.74, 6) is 1.39. The Bertz CT molecular complexity index is 1710. The van der Waals surface area contributed by atoms with Gasteiger partial charge in [-0.3, -0.25) is 4.90 Å². The van der Waals surface area contributed by atoms with Crippen LogP contribution >= 0.6 is 0 Å². The summed E-state index contributed by atoms with van der Waals surface area (Å²) < 4.78 is 72.9. The molecule has 1 N–H and O–H groups in total. The number of likely N-dealkylation sites (tertiary alicyclic amines) is 1. The largest absolute Gasteiger partial charge is 0.534 e. The number of rotatable bonds is 5. The predicted molar refractivity (Wildman–Crippen MR) is 152 cm³/mol. The lowest BCUT2D eigenvalue weighted by atomic mass is 9.73. The van der Waals surface area contributed by atoms with Crippen LogP contribution in [0.3, 0.4) is 0 Å². The molecule has 8 nitrogen and oxygen atoms in total. The molecule has 1 aliphatic heterocycles. The molecular formula is C31H32F3N3O5S. The minimum absolute atomic E-state index is 0.169. The van der Waals surface area contributed by atoms with Gasteiger partial charge >= 0.3 is 21.7 Å². The molecule has 0 spiro atoms. The molecule has 1 amide bonds. The second-order valence-corrected chi connectivity index (χ2v) is 14.6. The first-order chi connectivity index (χ1) is 20.2. The van der Waals surface area contributed by atoms with E-state index in [0.717, 1.165) is 59.5 Å². The molecule has 2 aromatic carbocycles. The molecule has 5 unspecified atom stereocenters. The van der Waals surface area contributed by atoms with Crippen LogP contribution in [-0.2, 0) is 21.3 Å². The third-order valence-electron chi connectivity index (χ3n) is 9.18. The SMILES string of the molecule is CC(C)(C)OC(=O)N1C(c2ncc(-c3ccc(-c4ccc(OS(=O)(=O)C(F)(F)F)c5c4C4CCC4C5)cc3)[nH]2)CC2CC21. The highest BCUT2D eigenvalue weighted by Crippen LogP contribution is 2.57. The Balaban J connectivity index is 1.14. The van der Waals surface area contributed by atoms with Crippen LogP contribution in [0.2, 0.25) is 0 Å². The Morgan fingerprint density at radius 1 is 1.00 bits per heavy atom. The first-order valence-electron chi connectivity index (χ1n) is 14.5. The maximum Gasteiger partial charge on any atom is 0.534 e. The van der Waals surface area contributed by atoms with Gasteiger partial charge in [0.15, 0.2) is 0 Å². The Labute approximate surface area is 247 Å². The predicted octanol–water partition coefficient (Wildman–Crippen LogP) is 7.09. The number of aromatic amines is 1. The molecule has 3 aromatic rings. The molecule has 2 saturated carbocycles. The number of piperidine rings is 1. The molecule has 7 rings (SSSR count). The number of carbonyl (C=O) groups excluding carboxylic acids is 1. The molecule has 228 valence electrons. The number of imidazole rings is 1. The van der Waals surface area contributed by atoms with E-state index in [1.807, 2.05) is 49.9 Å². The maximum atomic E-state index is 13.0. The number of hydrogen-bond acceptors (Lipinski definition) is 6. The minimum atomic E-state index is -5.76. The average molecular weight is 616 g/mol. The van der Waals surface area contributed by atoms with Crippen LogP contribution in [0.1, 0.15) is 75.4 Å². The second-order valence-electron chi connectivity index (χ2n) is 13.1. The summed E-state index contributed by atoms with van der Waals surface area (Å²) in [4.78, 5) is 22.8. The van der Waals surface area contributed by atoms with Gasteiger partial charge < -0.3 is 13.9 Å². The van der Waals surface area contributed by atoms with Gasteiger partial charge in [-0.1, -0.05) is 30.3 Å². The van der Waals surface area contributed by atoms with Crippen LogP contribution in [0.25, 0.3) is 22.4 Å². The van der Waals surface area contributed by atoms with E-state index in [2.05, 4.69) is 14.2 Å². The lowest BCUT2D eigenvalue weighted by Crippen LogP contribution is -2.38. The Morgan fingerprint density at radius 2 is 1.72 bits per heavy atom. The number of amides is 1. The molecule has 2 heterocycles. The molecule has 43 heavy (non-hydrogen) atoms. The fourth-order valence-corrected chi connectivity index (χ4v) is 7.48. The van der Waals surface area contributed by atoms with Gasteiger partial charge in [-0.2, -0.15) is 21.6 Å². The number of H-pyrrole nitrogens is 1. The first kappa shape index (κ1) is 28.2. The number of halogens is 3. The summed E-state index contributed by atoms with van der Waals surface area (Å²) in [5, 5.41) is 0. The summed E-state index contributed by atoms with van der Waals surface area (Å²) in [6, 6.07) is 10.8. The van der Waals surface area contributed by atoms with E-state index in [1.165, 1.54) is 6.07 Å². The quantitative estimate of drug-likeness (QED) is 0.243. The summed E-state index contributed by atoms with van der Waals surface area (Å²) in [6.45, 7) is 5.57. The van der Waals surface area contributed by atoms with E-state index < -0.39 is 21.2 Å². The number of benzene rings is 2. The monoisotopic (exact) mass is 615 g/mol. The van der Waals surface area contributed by atoms with Crippen molar-refractivity contribution in [1.29, 1.82) is 0 Å². The van der Waals surface area contributed by atoms with E-state index >= 15 is 0 Å². The van der Waals surface area contributed by atoms with Crippen molar-refractivity contribution in [3.63, 3.8) is 0 Å². The van der Waals surface area contributed by atoms with Gasteiger partial charge in [0.2, 0.25) is 0 Å². The van der Waals surface area contributed by atoms with Gasteiger partial charge in [0.05, 0.1) is 17.9 Å². The van der Waals surface area contributed by atoms with Gasteiger partial charge in [-0.05, 0) is 98.9 Å². The number of hydrogen-bond donors (Lipinski definition) is 1. The highest BCUT2D eigenvalue weighted by molar-refractivity contribution is 7.88. The molecule has 5 atom stereocenters. The Kier molecular flexibility index (Phi) is 6.23. The topological polar surface area (TPSA) is 102 Å². The summed E-state index contributed by atoms with van der Waals surface area (Å²) in [7, 11) is -5.76. The van der Waals surface area contributed by atoms with E-state index in [9.17, 15) is 26.4 Å². The van der Waals surface area contributed by atoms with Crippen molar-refractivity contribution in [1.82, 2.24) is 14.9 Å². The van der Waals surface area contributed by atoms with Crippen molar-refractivity contribution in [2.24, 2.45) is 11.8 Å². The number of carbonyl (C=O) groups is 1. The zero-order valence-electron chi connectivity index (χ0n) is 23.9. The molecule has 1 saturated heterocycles. The van der Waals surface area contributed by atoms with Crippen LogP contribution in [0.5, 0.6) is 5.75 Å². The van der Waals surface area contributed by atoms with Crippen LogP contribution < -0.4 is 4.18 Å². The number of nitrogens with zero attached hydrogens (tertiary/aromatic N) is 2. The zero-order valence-corrected chi connectivity index (χ0v) is 24.8. The fourth-order valence-electron chi connectivity index (χ4n) is 6.99. The van der Waals surface area contributed by atoms with Crippen LogP contribution in [0.4, 0.5) is 18.0 Å². The van der Waals surface area contributed by atoms with E-state index in [0.29, 0.717) is 17.9 Å². The highest BCUT2D eigenvalue weighted by atomic mass is 32.2. The second kappa shape index (κ2) is 9.48. The summed E-state index contributed by atoms with van der Waals surface area (Å²) >= 11 is 0. The number of alkyl halides is 3. The van der Waals surface area contributed by atoms with Crippen molar-refractivity contribution in [2.75, 3.05) is 0 Å². The summed E-state index contributed by atoms with van der Waals surface area (Å²) in [5.41, 5.74) is -1.21. The lowest BCUT2D eigenvalue weighted by molar-refractivity contribution is -0.0500. The molecule has 4 aliphatic rings. The van der Waals surface area contributed by atoms with E-state index in [4.69, 9.17) is 4.74 Å². The first-order valence-corrected chi connectivity index (χ1v) is 15.9. The van der Waals surface area contributed by atoms with Crippen molar-refractivity contribution < 1.29 is 35.3 Å². The van der Waals surface area contributed by atoms with E-state index in [-0.39, 0.29) is 35.8 Å². The molecule has 3 aliphatic carbocycles. The third-order valence-corrected chi connectivity index (χ3v) is 10.1. The molecular weight excluding hydrogens is 583 g/mol. The van der Waals surface area contributed by atoms with Gasteiger partial charge in [0, 0.05) is 11.6 Å². The van der Waals surface area contributed by atoms with E-state index in [1.54, 1.807) is 12.3 Å². The van der Waals surface area contributed by atoms with Crippen molar-refractivity contribution in [2.45, 2.75) is 82.0 Å². The van der Waals surface area contributed by atoms with Crippen molar-refractivity contribution in [3.05, 3.63) is 59.5 Å². The Hall–Kier alpha value is -3.54. The molecule has 12 heteroatoms. The number of nitrogens with one attached hydrogen (secondary N) is 1. The van der Waals surface area contributed by atoms with Crippen molar-refractivity contribution >= 4 is 16.2 Å². The smallest absolute Gasteiger partial charge is 0.444 e. The summed E-state index contributed by atoms with van der Waals surface area (Å²) in [6.07, 6.45) is 5.60. The van der Waals surface area contributed by atoms with Gasteiger partial charge in [0.1, 0.15) is 17.2 Å². The number of aromatic nitrogens is 2. The highest BCUT2D eigenvalue weighted by Gasteiger charge is 2.56. The number of fused-ring (bicyclic) bond motifs is 4. The molecule has 0 bridgehead atoms. The minimum Gasteiger partial charge on any atom is -0.444 e. The lowest BCUT2D eigenvalue weighted by Gasteiger charge is -2.31. The molecule has 0 radical (unpaired) electrons. The van der Waals surface area contributed by atoms with Gasteiger partial charge in [0.25, 0.3) is 0 Å². The molecule has 1 aromatic heterocycles. The van der Waals surface area contributed by atoms with Gasteiger partial charge in [-0.25, -0.2) is 9.78 Å². The maximum absolute atomic E-state index is 13.0.